The van der Waals surface area contributed by atoms with E-state index in [0.29, 0.717) is 107 Å². The summed E-state index contributed by atoms with van der Waals surface area (Å²) in [5.41, 5.74) is 1.55. The number of nitrogens with one attached hydrogen (secondary N) is 3. The Balaban J connectivity index is 0.950. The van der Waals surface area contributed by atoms with Crippen LogP contribution in [0.25, 0.3) is 38.5 Å². The third-order valence-corrected chi connectivity index (χ3v) is 12.2. The monoisotopic (exact) mass is 822 g/mol. The summed E-state index contributed by atoms with van der Waals surface area (Å²) in [7, 11) is 0. The van der Waals surface area contributed by atoms with Gasteiger partial charge in [0.1, 0.15) is 27.9 Å². The third kappa shape index (κ3) is 7.34. The number of fused-ring (bicyclic) bond motifs is 5. The summed E-state index contributed by atoms with van der Waals surface area (Å²) in [5.74, 6) is -0.894. The third-order valence-electron chi connectivity index (χ3n) is 12.2. The predicted octanol–water partition coefficient (Wildman–Crippen LogP) is 2.37. The Labute approximate surface area is 344 Å². The molecule has 3 aromatic carbocycles. The van der Waals surface area contributed by atoms with Gasteiger partial charge in [-0.3, -0.25) is 34.3 Å². The zero-order chi connectivity index (χ0) is 40.9. The molecule has 0 bridgehead atoms. The maximum atomic E-state index is 16.7. The zero-order valence-corrected chi connectivity index (χ0v) is 33.2. The van der Waals surface area contributed by atoms with Crippen molar-refractivity contribution < 1.29 is 37.4 Å². The van der Waals surface area contributed by atoms with E-state index in [1.165, 1.54) is 12.3 Å². The minimum Gasteiger partial charge on any atom is -0.456 e. The molecule has 0 unspecified atom stereocenters. The van der Waals surface area contributed by atoms with Gasteiger partial charge in [0.05, 0.1) is 50.6 Å². The number of para-hydroxylation sites is 1. The summed E-state index contributed by atoms with van der Waals surface area (Å²) in [6, 6.07) is 12.0. The van der Waals surface area contributed by atoms with Crippen LogP contribution in [0.5, 0.6) is 11.5 Å². The van der Waals surface area contributed by atoms with Crippen molar-refractivity contribution in [2.24, 2.45) is 0 Å². The van der Waals surface area contributed by atoms with Crippen LogP contribution in [0.15, 0.2) is 57.9 Å². The summed E-state index contributed by atoms with van der Waals surface area (Å²) < 4.78 is 42.1. The number of carbonyl (C=O) groups is 3. The number of hydrogen-bond donors (Lipinski definition) is 3. The van der Waals surface area contributed by atoms with Gasteiger partial charge >= 0.3 is 0 Å². The van der Waals surface area contributed by atoms with E-state index in [4.69, 9.17) is 18.6 Å². The van der Waals surface area contributed by atoms with E-state index in [2.05, 4.69) is 20.9 Å². The summed E-state index contributed by atoms with van der Waals surface area (Å²) in [6.45, 7) is 7.81. The lowest BCUT2D eigenvalue weighted by Gasteiger charge is -2.29. The molecule has 10 rings (SSSR count). The van der Waals surface area contributed by atoms with Crippen LogP contribution in [0.2, 0.25) is 0 Å². The van der Waals surface area contributed by atoms with Gasteiger partial charge in [0.15, 0.2) is 17.3 Å². The molecule has 314 valence electrons. The van der Waals surface area contributed by atoms with Crippen molar-refractivity contribution in [2.75, 3.05) is 103 Å². The largest absolute Gasteiger partial charge is 0.456 e. The summed E-state index contributed by atoms with van der Waals surface area (Å²) in [5, 5.41) is 11.0. The second kappa shape index (κ2) is 16.1. The highest BCUT2D eigenvalue weighted by atomic mass is 19.1. The number of rotatable bonds is 10. The van der Waals surface area contributed by atoms with Gasteiger partial charge in [-0.2, -0.15) is 0 Å². The smallest absolute Gasteiger partial charge is 0.259 e. The van der Waals surface area contributed by atoms with Crippen molar-refractivity contribution in [1.29, 1.82) is 0 Å². The van der Waals surface area contributed by atoms with Gasteiger partial charge in [-0.15, -0.1) is 0 Å². The Morgan fingerprint density at radius 3 is 2.33 bits per heavy atom. The Kier molecular flexibility index (Phi) is 10.4. The maximum Gasteiger partial charge on any atom is 0.259 e. The molecule has 0 radical (unpaired) electrons. The second-order valence-corrected chi connectivity index (χ2v) is 16.2. The molecular weight excluding hydrogens is 776 g/mol. The van der Waals surface area contributed by atoms with Crippen LogP contribution in [-0.2, 0) is 19.1 Å². The molecule has 4 saturated heterocycles. The molecule has 5 aliphatic rings. The van der Waals surface area contributed by atoms with E-state index in [9.17, 15) is 19.2 Å². The molecule has 16 nitrogen and oxygen atoms in total. The Bertz CT molecular complexity index is 2570. The predicted molar refractivity (Wildman–Crippen MR) is 221 cm³/mol. The highest BCUT2D eigenvalue weighted by molar-refractivity contribution is 6.07. The number of likely N-dealkylation sites (tertiary alicyclic amines) is 1. The van der Waals surface area contributed by atoms with E-state index in [0.717, 1.165) is 23.9 Å². The molecule has 60 heavy (non-hydrogen) atoms. The number of morpholine rings is 2. The first kappa shape index (κ1) is 38.6. The van der Waals surface area contributed by atoms with E-state index in [1.807, 2.05) is 46.2 Å². The van der Waals surface area contributed by atoms with Gasteiger partial charge in [-0.05, 0) is 31.0 Å². The minimum atomic E-state index is -0.674. The van der Waals surface area contributed by atoms with Crippen molar-refractivity contribution in [3.8, 4) is 17.2 Å². The molecule has 3 amide bonds. The number of ether oxygens (including phenoxy) is 3. The molecule has 0 saturated carbocycles. The second-order valence-electron chi connectivity index (χ2n) is 16.2. The molecule has 17 heteroatoms. The average Bonchev–Trinajstić information content (AvgIpc) is 4.00. The first-order valence-corrected chi connectivity index (χ1v) is 20.8. The molecule has 7 heterocycles. The SMILES string of the molecule is O=C(CN1CCOCC1)N[C@@H]1CCN(C(=O)c2cn3c4c(c(N5CC[C@@H](NC(=O)CNCN6CCOCC6)C5)c(F)cc4c2=O)Oc2cc4c(cc2-3)oc2ccccc24)C1. The van der Waals surface area contributed by atoms with Crippen LogP contribution in [0, 0.1) is 5.82 Å². The number of anilines is 1. The van der Waals surface area contributed by atoms with Crippen LogP contribution < -0.4 is 31.0 Å². The van der Waals surface area contributed by atoms with Crippen molar-refractivity contribution in [3.63, 3.8) is 0 Å². The van der Waals surface area contributed by atoms with E-state index >= 15 is 4.39 Å². The molecule has 5 aromatic rings. The highest BCUT2D eigenvalue weighted by Gasteiger charge is 2.36. The zero-order valence-electron chi connectivity index (χ0n) is 33.2. The lowest BCUT2D eigenvalue weighted by molar-refractivity contribution is -0.124. The van der Waals surface area contributed by atoms with Gasteiger partial charge in [0.25, 0.3) is 5.91 Å². The average molecular weight is 823 g/mol. The fourth-order valence-electron chi connectivity index (χ4n) is 9.19. The fraction of sp³-hybridized carbons (Fsp3) is 0.442. The quantitative estimate of drug-likeness (QED) is 0.185. The Hall–Kier alpha value is -5.59. The lowest BCUT2D eigenvalue weighted by Crippen LogP contribution is -2.46. The van der Waals surface area contributed by atoms with Crippen molar-refractivity contribution >= 4 is 56.3 Å². The van der Waals surface area contributed by atoms with E-state index < -0.39 is 17.2 Å². The number of benzene rings is 3. The summed E-state index contributed by atoms with van der Waals surface area (Å²) in [4.78, 5) is 62.1. The summed E-state index contributed by atoms with van der Waals surface area (Å²) in [6.07, 6.45) is 2.64. The van der Waals surface area contributed by atoms with E-state index in [1.54, 1.807) is 9.47 Å². The van der Waals surface area contributed by atoms with Crippen molar-refractivity contribution in [2.45, 2.75) is 24.9 Å². The topological polar surface area (TPSA) is 163 Å². The first-order valence-electron chi connectivity index (χ1n) is 20.8. The van der Waals surface area contributed by atoms with Gasteiger partial charge in [-0.25, -0.2) is 4.39 Å². The molecule has 0 spiro atoms. The van der Waals surface area contributed by atoms with Gasteiger partial charge in [-0.1, -0.05) is 18.2 Å². The van der Waals surface area contributed by atoms with Crippen LogP contribution >= 0.6 is 0 Å². The number of amides is 3. The molecule has 3 N–H and O–H groups in total. The number of hydrogen-bond acceptors (Lipinski definition) is 12. The number of nitrogens with zero attached hydrogens (tertiary/aromatic N) is 5. The Morgan fingerprint density at radius 1 is 0.783 bits per heavy atom. The number of furan rings is 1. The fourth-order valence-corrected chi connectivity index (χ4v) is 9.19. The van der Waals surface area contributed by atoms with Crippen molar-refractivity contribution in [1.82, 2.24) is 35.2 Å². The highest BCUT2D eigenvalue weighted by Crippen LogP contribution is 2.49. The molecule has 4 fully saturated rings. The number of aromatic nitrogens is 1. The number of pyridine rings is 1. The number of carbonyl (C=O) groups excluding carboxylic acids is 3. The van der Waals surface area contributed by atoms with Crippen LogP contribution in [0.1, 0.15) is 23.2 Å². The van der Waals surface area contributed by atoms with Gasteiger partial charge < -0.3 is 43.6 Å². The van der Waals surface area contributed by atoms with Crippen LogP contribution in [0.4, 0.5) is 10.1 Å². The lowest BCUT2D eigenvalue weighted by atomic mass is 10.0. The summed E-state index contributed by atoms with van der Waals surface area (Å²) >= 11 is 0. The standard InChI is InChI=1S/C43H47FN8O8/c44-32-17-30-39-42(40(32)50-7-5-26(21-50)46-37(53)20-45-25-49-11-15-58-16-12-49)60-36-18-29-28-3-1-2-4-34(28)59-35(29)19-33(36)52(39)23-31(41(30)55)43(56)51-8-6-27(22-51)47-38(54)24-48-9-13-57-14-10-48/h1-4,17-19,23,26-27,45H,5-16,20-22,24-25H2,(H,46,53)(H,47,54)/t26-,27-/m1/s1. The van der Waals surface area contributed by atoms with Crippen LogP contribution in [-0.4, -0.2) is 148 Å². The molecule has 0 aliphatic carbocycles. The molecular formula is C43H47FN8O8. The van der Waals surface area contributed by atoms with Gasteiger partial charge in [0.2, 0.25) is 17.2 Å². The van der Waals surface area contributed by atoms with Gasteiger partial charge in [0, 0.05) is 94.1 Å². The minimum absolute atomic E-state index is 0.00240. The Morgan fingerprint density at radius 2 is 1.52 bits per heavy atom. The van der Waals surface area contributed by atoms with Crippen molar-refractivity contribution in [3.05, 3.63) is 70.3 Å². The molecule has 5 aliphatic heterocycles. The molecule has 2 aromatic heterocycles. The molecule has 2 atom stereocenters. The van der Waals surface area contributed by atoms with E-state index in [-0.39, 0.29) is 65.9 Å². The van der Waals surface area contributed by atoms with Crippen LogP contribution in [0.3, 0.4) is 0 Å². The first-order chi connectivity index (χ1) is 29.3. The maximum absolute atomic E-state index is 16.7. The normalized spacial score (nSPS) is 20.8. The number of halogens is 1.